The molecule has 1 heterocycles. The van der Waals surface area contributed by atoms with E-state index in [0.29, 0.717) is 5.56 Å². The highest BCUT2D eigenvalue weighted by Gasteiger charge is 2.16. The Morgan fingerprint density at radius 3 is 2.81 bits per heavy atom. The Balaban J connectivity index is 2.98. The number of esters is 1. The van der Waals surface area contributed by atoms with Crippen molar-refractivity contribution in [2.45, 2.75) is 18.3 Å². The van der Waals surface area contributed by atoms with E-state index in [4.69, 9.17) is 0 Å². The van der Waals surface area contributed by atoms with Gasteiger partial charge in [-0.25, -0.2) is 4.79 Å². The number of carbonyl (C=O) groups excluding carboxylic acids is 1. The number of aryl methyl sites for hydroxylation is 1. The molecule has 1 atom stereocenters. The van der Waals surface area contributed by atoms with Crippen molar-refractivity contribution in [2.24, 2.45) is 0 Å². The summed E-state index contributed by atoms with van der Waals surface area (Å²) in [5.41, 5.74) is -0.571. The predicted octanol–water partition coefficient (Wildman–Crippen LogP) is -0.218. The normalized spacial score (nSPS) is 12.2. The SMILES string of the molecule is COC(=O)C(Br)Cn1cc(C)c(=O)[nH]c1=O. The zero-order valence-electron chi connectivity index (χ0n) is 8.82. The fourth-order valence-corrected chi connectivity index (χ4v) is 1.63. The Labute approximate surface area is 99.4 Å². The van der Waals surface area contributed by atoms with Crippen molar-refractivity contribution in [1.29, 1.82) is 0 Å². The first-order valence-corrected chi connectivity index (χ1v) is 5.39. The second kappa shape index (κ2) is 5.11. The molecule has 0 aliphatic rings. The molecule has 0 saturated carbocycles. The van der Waals surface area contributed by atoms with Crippen LogP contribution in [0.2, 0.25) is 0 Å². The third-order valence-corrected chi connectivity index (χ3v) is 2.67. The topological polar surface area (TPSA) is 81.2 Å². The second-order valence-electron chi connectivity index (χ2n) is 3.21. The first-order valence-electron chi connectivity index (χ1n) is 4.48. The van der Waals surface area contributed by atoms with E-state index in [2.05, 4.69) is 25.7 Å². The van der Waals surface area contributed by atoms with Crippen LogP contribution in [-0.4, -0.2) is 27.5 Å². The number of nitrogens with one attached hydrogen (secondary N) is 1. The van der Waals surface area contributed by atoms with Gasteiger partial charge in [0.05, 0.1) is 13.7 Å². The lowest BCUT2D eigenvalue weighted by molar-refractivity contribution is -0.140. The van der Waals surface area contributed by atoms with Crippen molar-refractivity contribution in [3.63, 3.8) is 0 Å². The molecule has 1 aromatic rings. The molecule has 7 heteroatoms. The molecule has 1 rings (SSSR count). The number of halogens is 1. The molecule has 1 aromatic heterocycles. The van der Waals surface area contributed by atoms with Crippen LogP contribution in [0.3, 0.4) is 0 Å². The van der Waals surface area contributed by atoms with Gasteiger partial charge in [0.25, 0.3) is 5.56 Å². The molecule has 0 spiro atoms. The number of alkyl halides is 1. The van der Waals surface area contributed by atoms with E-state index in [-0.39, 0.29) is 6.54 Å². The van der Waals surface area contributed by atoms with E-state index in [0.717, 1.165) is 0 Å². The number of ether oxygens (including phenoxy) is 1. The van der Waals surface area contributed by atoms with Gasteiger partial charge in [0.15, 0.2) is 0 Å². The van der Waals surface area contributed by atoms with E-state index in [9.17, 15) is 14.4 Å². The van der Waals surface area contributed by atoms with Crippen LogP contribution in [0.1, 0.15) is 5.56 Å². The number of aromatic amines is 1. The van der Waals surface area contributed by atoms with E-state index in [1.807, 2.05) is 0 Å². The van der Waals surface area contributed by atoms with Gasteiger partial charge in [0, 0.05) is 11.8 Å². The van der Waals surface area contributed by atoms with Crippen LogP contribution in [0.4, 0.5) is 0 Å². The summed E-state index contributed by atoms with van der Waals surface area (Å²) >= 11 is 3.09. The molecule has 0 bridgehead atoms. The number of hydrogen-bond donors (Lipinski definition) is 1. The molecule has 1 unspecified atom stereocenters. The van der Waals surface area contributed by atoms with Crippen LogP contribution >= 0.6 is 15.9 Å². The fourth-order valence-electron chi connectivity index (χ4n) is 1.13. The number of methoxy groups -OCH3 is 1. The monoisotopic (exact) mass is 290 g/mol. The van der Waals surface area contributed by atoms with Crippen molar-refractivity contribution < 1.29 is 9.53 Å². The second-order valence-corrected chi connectivity index (χ2v) is 4.32. The first-order chi connectivity index (χ1) is 7.45. The third kappa shape index (κ3) is 2.82. The molecule has 0 saturated heterocycles. The van der Waals surface area contributed by atoms with Gasteiger partial charge in [-0.1, -0.05) is 15.9 Å². The quantitative estimate of drug-likeness (QED) is 0.617. The van der Waals surface area contributed by atoms with Gasteiger partial charge < -0.3 is 4.74 Å². The van der Waals surface area contributed by atoms with Gasteiger partial charge >= 0.3 is 11.7 Å². The number of aromatic nitrogens is 2. The zero-order chi connectivity index (χ0) is 12.3. The minimum Gasteiger partial charge on any atom is -0.468 e. The summed E-state index contributed by atoms with van der Waals surface area (Å²) in [6, 6.07) is 0. The molecular formula is C9H11BrN2O4. The van der Waals surface area contributed by atoms with Gasteiger partial charge in [-0.05, 0) is 6.92 Å². The highest BCUT2D eigenvalue weighted by Crippen LogP contribution is 2.04. The summed E-state index contributed by atoms with van der Waals surface area (Å²) in [6.45, 7) is 1.68. The lowest BCUT2D eigenvalue weighted by Crippen LogP contribution is -2.34. The number of hydrogen-bond acceptors (Lipinski definition) is 4. The molecule has 0 aliphatic carbocycles. The van der Waals surface area contributed by atoms with Crippen molar-refractivity contribution in [1.82, 2.24) is 9.55 Å². The van der Waals surface area contributed by atoms with Crippen LogP contribution in [0, 0.1) is 6.92 Å². The Kier molecular flexibility index (Phi) is 4.05. The van der Waals surface area contributed by atoms with E-state index >= 15 is 0 Å². The number of rotatable bonds is 3. The highest BCUT2D eigenvalue weighted by atomic mass is 79.9. The molecule has 16 heavy (non-hydrogen) atoms. The van der Waals surface area contributed by atoms with Gasteiger partial charge in [-0.15, -0.1) is 0 Å². The van der Waals surface area contributed by atoms with E-state index in [1.165, 1.54) is 17.9 Å². The number of nitrogens with zero attached hydrogens (tertiary/aromatic N) is 1. The summed E-state index contributed by atoms with van der Waals surface area (Å²) < 4.78 is 5.75. The summed E-state index contributed by atoms with van der Waals surface area (Å²) in [4.78, 5) is 35.1. The van der Waals surface area contributed by atoms with E-state index in [1.54, 1.807) is 6.92 Å². The zero-order valence-corrected chi connectivity index (χ0v) is 10.4. The van der Waals surface area contributed by atoms with Crippen molar-refractivity contribution in [3.8, 4) is 0 Å². The van der Waals surface area contributed by atoms with Crippen LogP contribution < -0.4 is 11.2 Å². The summed E-state index contributed by atoms with van der Waals surface area (Å²) in [7, 11) is 1.26. The number of H-pyrrole nitrogens is 1. The van der Waals surface area contributed by atoms with Crippen molar-refractivity contribution in [3.05, 3.63) is 32.6 Å². The molecule has 0 radical (unpaired) electrons. The van der Waals surface area contributed by atoms with Gasteiger partial charge in [-0.3, -0.25) is 19.1 Å². The standard InChI is InChI=1S/C9H11BrN2O4/c1-5-3-12(9(15)11-7(5)13)4-6(10)8(14)16-2/h3,6H,4H2,1-2H3,(H,11,13,15). The fraction of sp³-hybridized carbons (Fsp3) is 0.444. The van der Waals surface area contributed by atoms with Crippen molar-refractivity contribution >= 4 is 21.9 Å². The molecule has 0 fully saturated rings. The minimum atomic E-state index is -0.625. The predicted molar refractivity (Wildman–Crippen MR) is 60.8 cm³/mol. The van der Waals surface area contributed by atoms with Crippen LogP contribution in [0.25, 0.3) is 0 Å². The summed E-state index contributed by atoms with van der Waals surface area (Å²) in [5.74, 6) is -0.476. The third-order valence-electron chi connectivity index (χ3n) is 2.00. The van der Waals surface area contributed by atoms with Gasteiger partial charge in [0.2, 0.25) is 0 Å². The van der Waals surface area contributed by atoms with Gasteiger partial charge in [0.1, 0.15) is 4.83 Å². The average molecular weight is 291 g/mol. The maximum absolute atomic E-state index is 11.4. The molecule has 1 N–H and O–H groups in total. The van der Waals surface area contributed by atoms with Crippen LogP contribution in [-0.2, 0) is 16.1 Å². The molecule has 0 aliphatic heterocycles. The number of carbonyl (C=O) groups is 1. The first kappa shape index (κ1) is 12.7. The smallest absolute Gasteiger partial charge is 0.328 e. The van der Waals surface area contributed by atoms with E-state index < -0.39 is 22.0 Å². The Morgan fingerprint density at radius 1 is 1.62 bits per heavy atom. The molecule has 6 nitrogen and oxygen atoms in total. The molecule has 0 aromatic carbocycles. The lowest BCUT2D eigenvalue weighted by Gasteiger charge is -2.09. The van der Waals surface area contributed by atoms with Gasteiger partial charge in [-0.2, -0.15) is 0 Å². The highest BCUT2D eigenvalue weighted by molar-refractivity contribution is 9.10. The van der Waals surface area contributed by atoms with Crippen LogP contribution in [0.5, 0.6) is 0 Å². The largest absolute Gasteiger partial charge is 0.468 e. The van der Waals surface area contributed by atoms with Crippen molar-refractivity contribution in [2.75, 3.05) is 7.11 Å². The molecular weight excluding hydrogens is 280 g/mol. The Bertz CT molecular complexity index is 505. The molecule has 88 valence electrons. The lowest BCUT2D eigenvalue weighted by atomic mass is 10.3. The summed E-state index contributed by atoms with van der Waals surface area (Å²) in [6.07, 6.45) is 1.40. The average Bonchev–Trinajstić information content (AvgIpc) is 2.24. The Hall–Kier alpha value is -1.37. The maximum atomic E-state index is 11.4. The van der Waals surface area contributed by atoms with Crippen LogP contribution in [0.15, 0.2) is 15.8 Å². The minimum absolute atomic E-state index is 0.100. The molecule has 0 amide bonds. The Morgan fingerprint density at radius 2 is 2.25 bits per heavy atom. The maximum Gasteiger partial charge on any atom is 0.328 e. The summed E-state index contributed by atoms with van der Waals surface area (Å²) in [5, 5.41) is 0.